The quantitative estimate of drug-likeness (QED) is 0.289. The second kappa shape index (κ2) is 11.6. The fourth-order valence-electron chi connectivity index (χ4n) is 6.29. The van der Waals surface area contributed by atoms with E-state index in [4.69, 9.17) is 19.5 Å². The number of aryl methyl sites for hydroxylation is 2. The molecule has 2 aromatic carbocycles. The van der Waals surface area contributed by atoms with Crippen LogP contribution in [0.5, 0.6) is 5.75 Å². The number of hydrogen-bond acceptors (Lipinski definition) is 8. The number of carbonyl (C=O) groups excluding carboxylic acids is 1. The SMILES string of the molecule is [2H]C([2H])(c1c(C)nc2n(c1=O)CCC[C@H]2OC(=O)[C@@H]1CCc2ccccc2O1)C([2H])([2H])N1CCC(c2noc3cc(F)ccc23)CC1. The fourth-order valence-corrected chi connectivity index (χ4v) is 6.29. The summed E-state index contributed by atoms with van der Waals surface area (Å²) < 4.78 is 68.0. The van der Waals surface area contributed by atoms with Gasteiger partial charge in [0.15, 0.2) is 23.6 Å². The highest BCUT2D eigenvalue weighted by molar-refractivity contribution is 5.80. The van der Waals surface area contributed by atoms with E-state index < -0.39 is 42.4 Å². The maximum Gasteiger partial charge on any atom is 0.348 e. The normalized spacial score (nSPS) is 22.8. The number of esters is 1. The van der Waals surface area contributed by atoms with Crippen molar-refractivity contribution >= 4 is 16.9 Å². The molecule has 0 aliphatic carbocycles. The van der Waals surface area contributed by atoms with Gasteiger partial charge in [0.05, 0.1) is 5.69 Å². The van der Waals surface area contributed by atoms with Crippen LogP contribution in [0.15, 0.2) is 51.8 Å². The zero-order chi connectivity index (χ0) is 33.1. The first-order valence-corrected chi connectivity index (χ1v) is 14.8. The molecule has 2 aromatic heterocycles. The van der Waals surface area contributed by atoms with Gasteiger partial charge in [-0.25, -0.2) is 14.2 Å². The van der Waals surface area contributed by atoms with Crippen LogP contribution >= 0.6 is 0 Å². The van der Waals surface area contributed by atoms with E-state index in [0.717, 1.165) is 5.56 Å². The van der Waals surface area contributed by atoms with Crippen molar-refractivity contribution in [1.29, 1.82) is 0 Å². The third-order valence-corrected chi connectivity index (χ3v) is 8.64. The van der Waals surface area contributed by atoms with Gasteiger partial charge in [-0.05, 0) is 88.7 Å². The van der Waals surface area contributed by atoms with E-state index in [9.17, 15) is 14.0 Å². The Bertz CT molecular complexity index is 1910. The number of aromatic nitrogens is 3. The summed E-state index contributed by atoms with van der Waals surface area (Å²) in [6, 6.07) is 11.8. The smallest absolute Gasteiger partial charge is 0.348 e. The van der Waals surface area contributed by atoms with Gasteiger partial charge in [0.25, 0.3) is 5.56 Å². The predicted molar refractivity (Wildman–Crippen MR) is 157 cm³/mol. The van der Waals surface area contributed by atoms with Crippen molar-refractivity contribution < 1.29 is 28.7 Å². The lowest BCUT2D eigenvalue weighted by Gasteiger charge is -2.31. The third kappa shape index (κ3) is 5.44. The molecular weight excluding hydrogens is 551 g/mol. The first-order valence-electron chi connectivity index (χ1n) is 16.8. The molecule has 1 saturated heterocycles. The minimum absolute atomic E-state index is 0.0529. The number of hydrogen-bond donors (Lipinski definition) is 0. The second-order valence-corrected chi connectivity index (χ2v) is 11.4. The van der Waals surface area contributed by atoms with E-state index in [1.165, 1.54) is 28.5 Å². The summed E-state index contributed by atoms with van der Waals surface area (Å²) in [6.07, 6.45) is -1.31. The Morgan fingerprint density at radius 1 is 1.14 bits per heavy atom. The number of para-hydroxylation sites is 1. The third-order valence-electron chi connectivity index (χ3n) is 8.64. The van der Waals surface area contributed by atoms with Crippen molar-refractivity contribution in [3.8, 4) is 5.75 Å². The van der Waals surface area contributed by atoms with Crippen molar-refractivity contribution in [3.05, 3.63) is 87.0 Å². The Hall–Kier alpha value is -4.05. The van der Waals surface area contributed by atoms with Gasteiger partial charge >= 0.3 is 5.97 Å². The molecule has 224 valence electrons. The van der Waals surface area contributed by atoms with Gasteiger partial charge < -0.3 is 18.9 Å². The molecule has 2 atom stereocenters. The Kier molecular flexibility index (Phi) is 6.29. The van der Waals surface area contributed by atoms with Crippen LogP contribution in [0.3, 0.4) is 0 Å². The molecule has 0 N–H and O–H groups in total. The standard InChI is InChI=1S/C33H35FN4O5/c1-20-24(14-18-37-16-12-22(13-17-37)30-25-10-9-23(34)19-29(25)43-36-30)32(39)38-15-4-7-27(31(38)35-20)42-33(40)28-11-8-21-5-2-3-6-26(21)41-28/h2-3,5-6,9-10,19,22,27-28H,4,7-8,11-18H2,1H3/t27-,28+/m1/s1/i14D2,18D2. The van der Waals surface area contributed by atoms with Crippen LogP contribution < -0.4 is 10.3 Å². The minimum atomic E-state index is -2.72. The molecule has 0 saturated carbocycles. The first kappa shape index (κ1) is 23.4. The van der Waals surface area contributed by atoms with E-state index in [1.807, 2.05) is 24.3 Å². The zero-order valence-corrected chi connectivity index (χ0v) is 23.8. The van der Waals surface area contributed by atoms with Gasteiger partial charge in [0, 0.05) is 47.2 Å². The van der Waals surface area contributed by atoms with Gasteiger partial charge in [0.1, 0.15) is 11.6 Å². The topological polar surface area (TPSA) is 99.7 Å². The van der Waals surface area contributed by atoms with Gasteiger partial charge in [-0.3, -0.25) is 9.36 Å². The van der Waals surface area contributed by atoms with Crippen molar-refractivity contribution in [2.75, 3.05) is 19.6 Å². The largest absolute Gasteiger partial charge is 0.478 e. The predicted octanol–water partition coefficient (Wildman–Crippen LogP) is 5.03. The van der Waals surface area contributed by atoms with E-state index in [2.05, 4.69) is 10.1 Å². The molecule has 0 radical (unpaired) electrons. The van der Waals surface area contributed by atoms with Gasteiger partial charge in [-0.2, -0.15) is 0 Å². The highest BCUT2D eigenvalue weighted by Crippen LogP contribution is 2.34. The van der Waals surface area contributed by atoms with Crippen LogP contribution in [0.2, 0.25) is 0 Å². The molecule has 0 amide bonds. The van der Waals surface area contributed by atoms with Gasteiger partial charge in [0.2, 0.25) is 0 Å². The molecule has 4 aromatic rings. The Labute approximate surface area is 254 Å². The molecule has 3 aliphatic heterocycles. The van der Waals surface area contributed by atoms with Crippen LogP contribution in [0.25, 0.3) is 11.0 Å². The van der Waals surface area contributed by atoms with E-state index in [-0.39, 0.29) is 42.6 Å². The molecule has 0 spiro atoms. The molecule has 10 heteroatoms. The summed E-state index contributed by atoms with van der Waals surface area (Å²) in [7, 11) is 0. The molecule has 1 fully saturated rings. The number of ether oxygens (including phenoxy) is 2. The first-order chi connectivity index (χ1) is 22.5. The molecule has 3 aliphatic rings. The average Bonchev–Trinajstić information content (AvgIpc) is 3.48. The average molecular weight is 591 g/mol. The number of nitrogens with zero attached hydrogens (tertiary/aromatic N) is 4. The zero-order valence-electron chi connectivity index (χ0n) is 27.8. The number of benzene rings is 2. The lowest BCUT2D eigenvalue weighted by atomic mass is 9.91. The highest BCUT2D eigenvalue weighted by Gasteiger charge is 2.33. The summed E-state index contributed by atoms with van der Waals surface area (Å²) in [5.41, 5.74) is 1.06. The number of fused-ring (bicyclic) bond motifs is 3. The minimum Gasteiger partial charge on any atom is -0.478 e. The summed E-state index contributed by atoms with van der Waals surface area (Å²) in [6.45, 7) is -0.405. The second-order valence-electron chi connectivity index (χ2n) is 11.4. The number of halogens is 1. The molecule has 9 nitrogen and oxygen atoms in total. The number of rotatable bonds is 6. The molecule has 43 heavy (non-hydrogen) atoms. The Morgan fingerprint density at radius 3 is 2.84 bits per heavy atom. The lowest BCUT2D eigenvalue weighted by molar-refractivity contribution is -0.160. The summed E-state index contributed by atoms with van der Waals surface area (Å²) in [5.74, 6) is -0.182. The van der Waals surface area contributed by atoms with E-state index >= 15 is 0 Å². The highest BCUT2D eigenvalue weighted by atomic mass is 19.1. The maximum atomic E-state index is 13.9. The summed E-state index contributed by atoms with van der Waals surface area (Å²) >= 11 is 0. The molecule has 7 rings (SSSR count). The van der Waals surface area contributed by atoms with Crippen LogP contribution in [0.4, 0.5) is 4.39 Å². The van der Waals surface area contributed by atoms with Crippen LogP contribution in [0, 0.1) is 12.7 Å². The van der Waals surface area contributed by atoms with Crippen LogP contribution in [-0.4, -0.2) is 51.3 Å². The fraction of sp³-hybridized carbons (Fsp3) is 0.455. The van der Waals surface area contributed by atoms with Gasteiger partial charge in [-0.15, -0.1) is 0 Å². The number of piperidine rings is 1. The van der Waals surface area contributed by atoms with Gasteiger partial charge in [-0.1, -0.05) is 23.4 Å². The summed E-state index contributed by atoms with van der Waals surface area (Å²) in [4.78, 5) is 33.1. The van der Waals surface area contributed by atoms with E-state index in [0.29, 0.717) is 60.9 Å². The Morgan fingerprint density at radius 2 is 1.98 bits per heavy atom. The van der Waals surface area contributed by atoms with Crippen molar-refractivity contribution in [1.82, 2.24) is 19.6 Å². The number of likely N-dealkylation sites (tertiary alicyclic amines) is 1. The maximum absolute atomic E-state index is 13.9. The molecule has 0 unspecified atom stereocenters. The lowest BCUT2D eigenvalue weighted by Crippen LogP contribution is -2.39. The summed E-state index contributed by atoms with van der Waals surface area (Å²) in [5, 5.41) is 4.85. The van der Waals surface area contributed by atoms with E-state index in [1.54, 1.807) is 6.07 Å². The van der Waals surface area contributed by atoms with Crippen LogP contribution in [0.1, 0.15) is 77.9 Å². The van der Waals surface area contributed by atoms with Crippen LogP contribution in [-0.2, 0) is 28.9 Å². The van der Waals surface area contributed by atoms with Crippen molar-refractivity contribution in [2.45, 2.75) is 76.5 Å². The molecule has 5 heterocycles. The molecule has 0 bridgehead atoms. The Balaban J connectivity index is 1.09. The number of carbonyl (C=O) groups is 1. The molecular formula is C33H35FN4O5. The van der Waals surface area contributed by atoms with Crippen molar-refractivity contribution in [2.24, 2.45) is 0 Å². The van der Waals surface area contributed by atoms with Crippen molar-refractivity contribution in [3.63, 3.8) is 0 Å². The monoisotopic (exact) mass is 590 g/mol.